The van der Waals surface area contributed by atoms with Crippen LogP contribution in [0.15, 0.2) is 0 Å². The van der Waals surface area contributed by atoms with E-state index >= 15 is 0 Å². The van der Waals surface area contributed by atoms with E-state index in [-0.39, 0.29) is 16.1 Å². The number of hydrogen-bond acceptors (Lipinski definition) is 5. The highest BCUT2D eigenvalue weighted by Gasteiger charge is 2.26. The summed E-state index contributed by atoms with van der Waals surface area (Å²) >= 11 is 1.17. The van der Waals surface area contributed by atoms with Crippen LogP contribution in [0.25, 0.3) is 0 Å². The molecule has 0 saturated carbocycles. The lowest BCUT2D eigenvalue weighted by atomic mass is 10.1. The minimum atomic E-state index is -0.617. The molecule has 1 saturated heterocycles. The van der Waals surface area contributed by atoms with E-state index in [1.807, 2.05) is 0 Å². The Morgan fingerprint density at radius 1 is 0.950 bits per heavy atom. The molecule has 0 bridgehead atoms. The Morgan fingerprint density at radius 2 is 1.50 bits per heavy atom. The lowest BCUT2D eigenvalue weighted by Crippen LogP contribution is -2.28. The second-order valence-electron chi connectivity index (χ2n) is 5.01. The molecule has 0 unspecified atom stereocenters. The fraction of sp³-hybridized carbons (Fsp3) is 0.538. The van der Waals surface area contributed by atoms with Crippen molar-refractivity contribution in [1.29, 1.82) is 0 Å². The van der Waals surface area contributed by atoms with Crippen LogP contribution in [-0.4, -0.2) is 24.9 Å². The zero-order valence-electron chi connectivity index (χ0n) is 11.4. The molecule has 7 heteroatoms. The molecule has 2 rings (SSSR count). The zero-order valence-corrected chi connectivity index (χ0v) is 12.2. The van der Waals surface area contributed by atoms with E-state index in [9.17, 15) is 9.59 Å². The summed E-state index contributed by atoms with van der Waals surface area (Å²) in [6, 6.07) is 0. The molecule has 110 valence electrons. The highest BCUT2D eigenvalue weighted by atomic mass is 32.1. The molecule has 1 aromatic rings. The highest BCUT2D eigenvalue weighted by Crippen LogP contribution is 2.38. The molecule has 0 radical (unpaired) electrons. The quantitative estimate of drug-likeness (QED) is 0.779. The van der Waals surface area contributed by atoms with Crippen LogP contribution in [-0.2, 0) is 0 Å². The third-order valence-corrected chi connectivity index (χ3v) is 4.82. The van der Waals surface area contributed by atoms with Crippen molar-refractivity contribution in [3.63, 3.8) is 0 Å². The van der Waals surface area contributed by atoms with Crippen molar-refractivity contribution in [3.8, 4) is 0 Å². The number of carbonyl (C=O) groups is 2. The van der Waals surface area contributed by atoms with Gasteiger partial charge in [0.05, 0.1) is 11.3 Å². The fourth-order valence-corrected chi connectivity index (χ4v) is 3.66. The zero-order chi connectivity index (χ0) is 14.7. The monoisotopic (exact) mass is 296 g/mol. The van der Waals surface area contributed by atoms with Gasteiger partial charge in [0.1, 0.15) is 9.88 Å². The van der Waals surface area contributed by atoms with Crippen molar-refractivity contribution in [2.75, 3.05) is 23.7 Å². The van der Waals surface area contributed by atoms with Gasteiger partial charge in [-0.25, -0.2) is 0 Å². The van der Waals surface area contributed by atoms with Gasteiger partial charge >= 0.3 is 0 Å². The van der Waals surface area contributed by atoms with Crippen LogP contribution in [0, 0.1) is 0 Å². The van der Waals surface area contributed by atoms with Gasteiger partial charge < -0.3 is 22.1 Å². The molecule has 0 spiro atoms. The van der Waals surface area contributed by atoms with Crippen LogP contribution in [0.4, 0.5) is 10.7 Å². The predicted molar refractivity (Wildman–Crippen MR) is 81.1 cm³/mol. The van der Waals surface area contributed by atoms with Crippen molar-refractivity contribution < 1.29 is 9.59 Å². The number of nitrogens with zero attached hydrogens (tertiary/aromatic N) is 1. The standard InChI is InChI=1S/C13H20N4O2S/c14-9-8(11(15)18)13(20-10(9)12(16)19)17-6-4-2-1-3-5-7-17/h1-7,14H2,(H2,15,18)(H2,16,19). The van der Waals surface area contributed by atoms with Crippen LogP contribution >= 0.6 is 11.3 Å². The number of anilines is 2. The number of hydrogen-bond donors (Lipinski definition) is 3. The normalized spacial score (nSPS) is 16.5. The second-order valence-corrected chi connectivity index (χ2v) is 6.01. The van der Waals surface area contributed by atoms with E-state index in [1.165, 1.54) is 30.6 Å². The first-order valence-corrected chi connectivity index (χ1v) is 7.61. The third kappa shape index (κ3) is 2.87. The number of nitrogen functional groups attached to an aromatic ring is 1. The topological polar surface area (TPSA) is 115 Å². The third-order valence-electron chi connectivity index (χ3n) is 3.54. The van der Waals surface area contributed by atoms with Gasteiger partial charge in [0.25, 0.3) is 11.8 Å². The van der Waals surface area contributed by atoms with Gasteiger partial charge in [0.15, 0.2) is 0 Å². The van der Waals surface area contributed by atoms with Crippen LogP contribution < -0.4 is 22.1 Å². The van der Waals surface area contributed by atoms with Crippen LogP contribution in [0.5, 0.6) is 0 Å². The maximum absolute atomic E-state index is 11.6. The Bertz CT molecular complexity index is 519. The van der Waals surface area contributed by atoms with E-state index in [0.717, 1.165) is 25.9 Å². The molecule has 0 aliphatic carbocycles. The molecule has 1 fully saturated rings. The van der Waals surface area contributed by atoms with Gasteiger partial charge in [0, 0.05) is 13.1 Å². The Labute approximate surface area is 121 Å². The second kappa shape index (κ2) is 6.13. The van der Waals surface area contributed by atoms with Crippen LogP contribution in [0.2, 0.25) is 0 Å². The van der Waals surface area contributed by atoms with Gasteiger partial charge in [-0.05, 0) is 12.8 Å². The molecule has 1 aliphatic heterocycles. The molecule has 2 amide bonds. The van der Waals surface area contributed by atoms with E-state index in [1.54, 1.807) is 0 Å². The summed E-state index contributed by atoms with van der Waals surface area (Å²) in [6.45, 7) is 1.69. The lowest BCUT2D eigenvalue weighted by Gasteiger charge is -2.26. The average Bonchev–Trinajstić information content (AvgIpc) is 2.66. The number of rotatable bonds is 3. The Balaban J connectivity index is 2.40. The van der Waals surface area contributed by atoms with E-state index in [2.05, 4.69) is 4.90 Å². The van der Waals surface area contributed by atoms with Gasteiger partial charge in [-0.3, -0.25) is 9.59 Å². The molecule has 2 heterocycles. The molecule has 20 heavy (non-hydrogen) atoms. The smallest absolute Gasteiger partial charge is 0.260 e. The molecular formula is C13H20N4O2S. The van der Waals surface area contributed by atoms with Gasteiger partial charge in [-0.2, -0.15) is 0 Å². The fourth-order valence-electron chi connectivity index (χ4n) is 2.53. The minimum absolute atomic E-state index is 0.118. The van der Waals surface area contributed by atoms with Crippen LogP contribution in [0.3, 0.4) is 0 Å². The predicted octanol–water partition coefficient (Wildman–Crippen LogP) is 1.30. The average molecular weight is 296 g/mol. The maximum atomic E-state index is 11.6. The van der Waals surface area contributed by atoms with Crippen LogP contribution in [0.1, 0.15) is 52.1 Å². The largest absolute Gasteiger partial charge is 0.397 e. The Kier molecular flexibility index (Phi) is 4.49. The maximum Gasteiger partial charge on any atom is 0.260 e. The molecule has 6 nitrogen and oxygen atoms in total. The SMILES string of the molecule is NC(=O)c1sc(N2CCCCCCC2)c(C(N)=O)c1N. The highest BCUT2D eigenvalue weighted by molar-refractivity contribution is 7.19. The van der Waals surface area contributed by atoms with E-state index in [4.69, 9.17) is 17.2 Å². The summed E-state index contributed by atoms with van der Waals surface area (Å²) in [5, 5.41) is 0.686. The number of carbonyl (C=O) groups excluding carboxylic acids is 2. The molecule has 0 aromatic carbocycles. The summed E-state index contributed by atoms with van der Waals surface area (Å²) in [5.41, 5.74) is 16.9. The number of amides is 2. The summed E-state index contributed by atoms with van der Waals surface area (Å²) < 4.78 is 0. The van der Waals surface area contributed by atoms with Crippen molar-refractivity contribution in [1.82, 2.24) is 0 Å². The molecular weight excluding hydrogens is 276 g/mol. The Hall–Kier alpha value is -1.76. The molecule has 1 aromatic heterocycles. The summed E-state index contributed by atoms with van der Waals surface area (Å²) in [7, 11) is 0. The molecule has 6 N–H and O–H groups in total. The minimum Gasteiger partial charge on any atom is -0.397 e. The number of thiophene rings is 1. The van der Waals surface area contributed by atoms with Crippen molar-refractivity contribution in [2.24, 2.45) is 11.5 Å². The first kappa shape index (κ1) is 14.6. The first-order chi connectivity index (χ1) is 9.52. The summed E-state index contributed by atoms with van der Waals surface area (Å²) in [6.07, 6.45) is 5.71. The number of primary amides is 2. The van der Waals surface area contributed by atoms with Crippen molar-refractivity contribution >= 4 is 33.8 Å². The molecule has 0 atom stereocenters. The van der Waals surface area contributed by atoms with Crippen molar-refractivity contribution in [2.45, 2.75) is 32.1 Å². The summed E-state index contributed by atoms with van der Waals surface area (Å²) in [4.78, 5) is 25.4. The van der Waals surface area contributed by atoms with E-state index in [0.29, 0.717) is 5.00 Å². The lowest BCUT2D eigenvalue weighted by molar-refractivity contribution is 0.0999. The van der Waals surface area contributed by atoms with Crippen molar-refractivity contribution in [3.05, 3.63) is 10.4 Å². The Morgan fingerprint density at radius 3 is 2.00 bits per heavy atom. The van der Waals surface area contributed by atoms with E-state index < -0.39 is 11.8 Å². The van der Waals surface area contributed by atoms with Gasteiger partial charge in [-0.1, -0.05) is 19.3 Å². The first-order valence-electron chi connectivity index (χ1n) is 6.79. The van der Waals surface area contributed by atoms with Gasteiger partial charge in [-0.15, -0.1) is 11.3 Å². The molecule has 1 aliphatic rings. The number of nitrogens with two attached hydrogens (primary N) is 3. The summed E-state index contributed by atoms with van der Waals surface area (Å²) in [5.74, 6) is -1.23. The van der Waals surface area contributed by atoms with Gasteiger partial charge in [0.2, 0.25) is 0 Å².